The first-order valence-electron chi connectivity index (χ1n) is 6.72. The molecule has 5 heteroatoms. The molecule has 0 fully saturated rings. The number of nitrogens with one attached hydrogen (secondary N) is 1. The molecule has 0 aliphatic carbocycles. The fraction of sp³-hybridized carbons (Fsp3) is 0.467. The van der Waals surface area contributed by atoms with Gasteiger partial charge in [0.15, 0.2) is 0 Å². The number of nitrogens with zero attached hydrogens (tertiary/aromatic N) is 1. The summed E-state index contributed by atoms with van der Waals surface area (Å²) in [5.74, 6) is -1.49. The van der Waals surface area contributed by atoms with Crippen LogP contribution in [0.1, 0.15) is 19.4 Å². The van der Waals surface area contributed by atoms with Crippen LogP contribution in [0.5, 0.6) is 0 Å². The van der Waals surface area contributed by atoms with Crippen molar-refractivity contribution < 1.29 is 14.7 Å². The lowest BCUT2D eigenvalue weighted by Gasteiger charge is -2.18. The van der Waals surface area contributed by atoms with E-state index in [2.05, 4.69) is 12.2 Å². The van der Waals surface area contributed by atoms with Gasteiger partial charge in [-0.2, -0.15) is 0 Å². The third-order valence-corrected chi connectivity index (χ3v) is 3.07. The van der Waals surface area contributed by atoms with Gasteiger partial charge in [0.1, 0.15) is 0 Å². The van der Waals surface area contributed by atoms with Crippen molar-refractivity contribution >= 4 is 17.6 Å². The zero-order valence-electron chi connectivity index (χ0n) is 12.2. The lowest BCUT2D eigenvalue weighted by atomic mass is 10.1. The number of carbonyl (C=O) groups is 2. The number of rotatable bonds is 7. The van der Waals surface area contributed by atoms with Crippen molar-refractivity contribution in [1.29, 1.82) is 0 Å². The molecule has 0 aliphatic heterocycles. The Morgan fingerprint density at radius 1 is 1.30 bits per heavy atom. The largest absolute Gasteiger partial charge is 0.481 e. The number of aryl methyl sites for hydroxylation is 1. The van der Waals surface area contributed by atoms with Crippen LogP contribution in [-0.2, 0) is 16.0 Å². The van der Waals surface area contributed by atoms with Gasteiger partial charge in [0, 0.05) is 12.2 Å². The number of carboxylic acid groups (broad SMARTS) is 1. The molecule has 1 atom stereocenters. The number of aliphatic carboxylic acids is 1. The maximum absolute atomic E-state index is 11.8. The first-order chi connectivity index (χ1) is 9.42. The Morgan fingerprint density at radius 3 is 2.40 bits per heavy atom. The van der Waals surface area contributed by atoms with E-state index in [-0.39, 0.29) is 12.5 Å². The Hall–Kier alpha value is -1.88. The van der Waals surface area contributed by atoms with Gasteiger partial charge in [-0.1, -0.05) is 26.0 Å². The molecule has 1 unspecified atom stereocenters. The molecule has 0 radical (unpaired) electrons. The third-order valence-electron chi connectivity index (χ3n) is 3.07. The van der Waals surface area contributed by atoms with Crippen molar-refractivity contribution in [1.82, 2.24) is 4.90 Å². The first kappa shape index (κ1) is 16.2. The van der Waals surface area contributed by atoms with Crippen LogP contribution in [-0.4, -0.2) is 42.0 Å². The van der Waals surface area contributed by atoms with Crippen molar-refractivity contribution in [3.63, 3.8) is 0 Å². The molecule has 110 valence electrons. The smallest absolute Gasteiger partial charge is 0.307 e. The van der Waals surface area contributed by atoms with Crippen LogP contribution in [0.25, 0.3) is 0 Å². The molecule has 5 nitrogen and oxygen atoms in total. The second-order valence-corrected chi connectivity index (χ2v) is 5.03. The van der Waals surface area contributed by atoms with Crippen molar-refractivity contribution in [2.24, 2.45) is 5.92 Å². The summed E-state index contributed by atoms with van der Waals surface area (Å²) < 4.78 is 0. The Kier molecular flexibility index (Phi) is 6.18. The highest BCUT2D eigenvalue weighted by atomic mass is 16.4. The van der Waals surface area contributed by atoms with Gasteiger partial charge in [0.05, 0.1) is 12.5 Å². The van der Waals surface area contributed by atoms with Gasteiger partial charge in [0.25, 0.3) is 0 Å². The summed E-state index contributed by atoms with van der Waals surface area (Å²) in [5, 5.41) is 11.6. The molecule has 0 aromatic heterocycles. The monoisotopic (exact) mass is 278 g/mol. The second kappa shape index (κ2) is 7.65. The summed E-state index contributed by atoms with van der Waals surface area (Å²) in [6, 6.07) is 7.70. The Labute approximate surface area is 119 Å². The molecular weight excluding hydrogens is 256 g/mol. The van der Waals surface area contributed by atoms with E-state index in [1.165, 1.54) is 5.56 Å². The average Bonchev–Trinajstić information content (AvgIpc) is 2.39. The first-order valence-corrected chi connectivity index (χ1v) is 6.72. The molecule has 0 saturated heterocycles. The normalized spacial score (nSPS) is 12.2. The van der Waals surface area contributed by atoms with Gasteiger partial charge < -0.3 is 10.4 Å². The molecule has 1 aromatic rings. The van der Waals surface area contributed by atoms with E-state index in [4.69, 9.17) is 5.11 Å². The number of hydrogen-bond donors (Lipinski definition) is 2. The quantitative estimate of drug-likeness (QED) is 0.798. The highest BCUT2D eigenvalue weighted by Gasteiger charge is 2.15. The maximum atomic E-state index is 11.8. The van der Waals surface area contributed by atoms with E-state index < -0.39 is 11.9 Å². The minimum Gasteiger partial charge on any atom is -0.481 e. The van der Waals surface area contributed by atoms with Gasteiger partial charge >= 0.3 is 5.97 Å². The summed E-state index contributed by atoms with van der Waals surface area (Å²) in [6.45, 7) is 4.22. The van der Waals surface area contributed by atoms with Crippen LogP contribution in [0.3, 0.4) is 0 Å². The number of anilines is 1. The Bertz CT molecular complexity index is 457. The summed E-state index contributed by atoms with van der Waals surface area (Å²) in [5.41, 5.74) is 1.97. The van der Waals surface area contributed by atoms with Gasteiger partial charge in [-0.3, -0.25) is 14.5 Å². The highest BCUT2D eigenvalue weighted by Crippen LogP contribution is 2.10. The SMILES string of the molecule is CCc1ccc(NC(=O)CN(C)CC(C)C(=O)O)cc1. The van der Waals surface area contributed by atoms with E-state index in [9.17, 15) is 9.59 Å². The van der Waals surface area contributed by atoms with E-state index in [1.807, 2.05) is 24.3 Å². The predicted molar refractivity (Wildman–Crippen MR) is 78.7 cm³/mol. The number of carboxylic acids is 1. The van der Waals surface area contributed by atoms with Crippen LogP contribution in [0, 0.1) is 5.92 Å². The molecule has 0 spiro atoms. The summed E-state index contributed by atoms with van der Waals surface area (Å²) >= 11 is 0. The second-order valence-electron chi connectivity index (χ2n) is 5.03. The topological polar surface area (TPSA) is 69.6 Å². The van der Waals surface area contributed by atoms with Crippen LogP contribution in [0.2, 0.25) is 0 Å². The fourth-order valence-electron chi connectivity index (χ4n) is 1.88. The molecule has 20 heavy (non-hydrogen) atoms. The summed E-state index contributed by atoms with van der Waals surface area (Å²) in [4.78, 5) is 24.3. The van der Waals surface area contributed by atoms with Crippen molar-refractivity contribution in [3.8, 4) is 0 Å². The summed E-state index contributed by atoms with van der Waals surface area (Å²) in [7, 11) is 1.74. The van der Waals surface area contributed by atoms with E-state index in [0.29, 0.717) is 6.54 Å². The highest BCUT2D eigenvalue weighted by molar-refractivity contribution is 5.92. The van der Waals surface area contributed by atoms with E-state index >= 15 is 0 Å². The lowest BCUT2D eigenvalue weighted by Crippen LogP contribution is -2.35. The molecule has 1 aromatic carbocycles. The number of benzene rings is 1. The van der Waals surface area contributed by atoms with E-state index in [1.54, 1.807) is 18.9 Å². The number of carbonyl (C=O) groups excluding carboxylic acids is 1. The standard InChI is InChI=1S/C15H22N2O3/c1-4-12-5-7-13(8-6-12)16-14(18)10-17(3)9-11(2)15(19)20/h5-8,11H,4,9-10H2,1-3H3,(H,16,18)(H,19,20). The molecule has 0 saturated carbocycles. The van der Waals surface area contributed by atoms with Crippen LogP contribution < -0.4 is 5.32 Å². The summed E-state index contributed by atoms with van der Waals surface area (Å²) in [6.07, 6.45) is 0.962. The molecule has 0 bridgehead atoms. The minimum atomic E-state index is -0.854. The van der Waals surface area contributed by atoms with E-state index in [0.717, 1.165) is 12.1 Å². The lowest BCUT2D eigenvalue weighted by molar-refractivity contribution is -0.141. The van der Waals surface area contributed by atoms with Gasteiger partial charge in [-0.25, -0.2) is 0 Å². The van der Waals surface area contributed by atoms with Gasteiger partial charge in [0.2, 0.25) is 5.91 Å². The molecule has 2 N–H and O–H groups in total. The molecule has 1 rings (SSSR count). The molecular formula is C15H22N2O3. The predicted octanol–water partition coefficient (Wildman–Crippen LogP) is 1.84. The van der Waals surface area contributed by atoms with Crippen LogP contribution >= 0.6 is 0 Å². The number of amides is 1. The van der Waals surface area contributed by atoms with Gasteiger partial charge in [-0.05, 0) is 31.2 Å². The van der Waals surface area contributed by atoms with Crippen molar-refractivity contribution in [3.05, 3.63) is 29.8 Å². The maximum Gasteiger partial charge on any atom is 0.307 e. The molecule has 0 heterocycles. The minimum absolute atomic E-state index is 0.144. The zero-order valence-corrected chi connectivity index (χ0v) is 12.2. The van der Waals surface area contributed by atoms with Crippen LogP contribution in [0.15, 0.2) is 24.3 Å². The number of hydrogen-bond acceptors (Lipinski definition) is 3. The van der Waals surface area contributed by atoms with Gasteiger partial charge in [-0.15, -0.1) is 0 Å². The Morgan fingerprint density at radius 2 is 1.90 bits per heavy atom. The van der Waals surface area contributed by atoms with Crippen LogP contribution in [0.4, 0.5) is 5.69 Å². The third kappa shape index (κ3) is 5.40. The number of likely N-dealkylation sites (N-methyl/N-ethyl adjacent to an activating group) is 1. The van der Waals surface area contributed by atoms with Crippen molar-refractivity contribution in [2.75, 3.05) is 25.5 Å². The molecule has 0 aliphatic rings. The molecule has 1 amide bonds. The Balaban J connectivity index is 2.44. The zero-order chi connectivity index (χ0) is 15.1. The van der Waals surface area contributed by atoms with Crippen molar-refractivity contribution in [2.45, 2.75) is 20.3 Å². The fourth-order valence-corrected chi connectivity index (χ4v) is 1.88. The average molecular weight is 278 g/mol.